The molecule has 4 nitrogen and oxygen atoms in total. The maximum absolute atomic E-state index is 13.2. The molecule has 0 aliphatic carbocycles. The maximum Gasteiger partial charge on any atom is 0.416 e. The zero-order valence-electron chi connectivity index (χ0n) is 20.5. The summed E-state index contributed by atoms with van der Waals surface area (Å²) in [5.41, 5.74) is -0.139. The first-order valence-electron chi connectivity index (χ1n) is 12.2. The fourth-order valence-corrected chi connectivity index (χ4v) is 5.79. The first-order valence-corrected chi connectivity index (χ1v) is 13.0. The number of carbonyl (C=O) groups excluding carboxylic acids is 1. The van der Waals surface area contributed by atoms with Gasteiger partial charge in [-0.2, -0.15) is 26.3 Å². The largest absolute Gasteiger partial charge is 0.466 e. The van der Waals surface area contributed by atoms with Crippen molar-refractivity contribution in [2.45, 2.75) is 51.0 Å². The van der Waals surface area contributed by atoms with Gasteiger partial charge in [-0.05, 0) is 62.7 Å². The summed E-state index contributed by atoms with van der Waals surface area (Å²) >= 11 is 1.23. The van der Waals surface area contributed by atoms with E-state index in [0.717, 1.165) is 43.5 Å². The molecule has 4 rings (SSSR count). The molecule has 2 aromatic carbocycles. The van der Waals surface area contributed by atoms with Crippen LogP contribution in [0, 0.1) is 0 Å². The molecular formula is C27H26F6N2O2S. The van der Waals surface area contributed by atoms with Gasteiger partial charge in [-0.1, -0.05) is 30.7 Å². The highest BCUT2D eigenvalue weighted by Crippen LogP contribution is 2.42. The number of hydrogen-bond donors (Lipinski definition) is 0. The molecule has 1 aliphatic heterocycles. The average molecular weight is 557 g/mol. The summed E-state index contributed by atoms with van der Waals surface area (Å²) in [5.74, 6) is -0.490. The standard InChI is InChI=1S/C27H26F6N2O2S/c1-2-37-22(36)16-21-34-23(17-6-10-19(11-7-17)26(28,29)30)25(38-21)24(35-14-4-3-5-15-35)18-8-12-20(13-9-18)27(31,32)33/h6-13,24H,2-5,14-16H2,1H3. The molecule has 2 heterocycles. The van der Waals surface area contributed by atoms with E-state index >= 15 is 0 Å². The predicted molar refractivity (Wildman–Crippen MR) is 132 cm³/mol. The van der Waals surface area contributed by atoms with E-state index in [1.54, 1.807) is 6.92 Å². The number of halogens is 6. The van der Waals surface area contributed by atoms with E-state index in [4.69, 9.17) is 4.74 Å². The molecule has 11 heteroatoms. The van der Waals surface area contributed by atoms with Gasteiger partial charge in [0.15, 0.2) is 0 Å². The molecule has 38 heavy (non-hydrogen) atoms. The molecule has 0 radical (unpaired) electrons. The molecule has 0 amide bonds. The van der Waals surface area contributed by atoms with E-state index in [-0.39, 0.29) is 13.0 Å². The molecule has 1 aliphatic rings. The third kappa shape index (κ3) is 6.55. The van der Waals surface area contributed by atoms with Gasteiger partial charge in [-0.25, -0.2) is 4.98 Å². The van der Waals surface area contributed by atoms with Crippen molar-refractivity contribution < 1.29 is 35.9 Å². The molecule has 3 aromatic rings. The van der Waals surface area contributed by atoms with Crippen LogP contribution in [0.1, 0.15) is 58.8 Å². The van der Waals surface area contributed by atoms with Gasteiger partial charge in [-0.3, -0.25) is 9.69 Å². The molecule has 0 saturated carbocycles. The number of nitrogens with zero attached hydrogens (tertiary/aromatic N) is 2. The van der Waals surface area contributed by atoms with Gasteiger partial charge in [0.1, 0.15) is 5.01 Å². The molecule has 0 N–H and O–H groups in total. The number of likely N-dealkylation sites (tertiary alicyclic amines) is 1. The average Bonchev–Trinajstić information content (AvgIpc) is 3.27. The first-order chi connectivity index (χ1) is 18.0. The van der Waals surface area contributed by atoms with Crippen molar-refractivity contribution in [1.29, 1.82) is 0 Å². The number of esters is 1. The van der Waals surface area contributed by atoms with Gasteiger partial charge in [0.25, 0.3) is 0 Å². The van der Waals surface area contributed by atoms with Crippen LogP contribution in [-0.4, -0.2) is 35.5 Å². The van der Waals surface area contributed by atoms with Crippen LogP contribution in [0.4, 0.5) is 26.3 Å². The summed E-state index contributed by atoms with van der Waals surface area (Å²) in [4.78, 5) is 19.6. The zero-order valence-corrected chi connectivity index (χ0v) is 21.3. The van der Waals surface area contributed by atoms with Crippen LogP contribution >= 0.6 is 11.3 Å². The monoisotopic (exact) mass is 556 g/mol. The van der Waals surface area contributed by atoms with Crippen LogP contribution in [0.3, 0.4) is 0 Å². The number of carbonyl (C=O) groups is 1. The summed E-state index contributed by atoms with van der Waals surface area (Å²) in [6.45, 7) is 3.26. The summed E-state index contributed by atoms with van der Waals surface area (Å²) < 4.78 is 84.3. The number of benzene rings is 2. The van der Waals surface area contributed by atoms with Crippen LogP contribution in [-0.2, 0) is 28.3 Å². The normalized spacial score (nSPS) is 15.9. The second kappa shape index (κ2) is 11.4. The Morgan fingerprint density at radius 1 is 0.921 bits per heavy atom. The minimum atomic E-state index is -4.50. The lowest BCUT2D eigenvalue weighted by Crippen LogP contribution is -2.34. The Bertz CT molecular complexity index is 1230. The lowest BCUT2D eigenvalue weighted by Gasteiger charge is -2.35. The second-order valence-electron chi connectivity index (χ2n) is 9.00. The second-order valence-corrected chi connectivity index (χ2v) is 10.1. The third-order valence-corrected chi connectivity index (χ3v) is 7.45. The number of thiazole rings is 1. The zero-order chi connectivity index (χ0) is 27.5. The summed E-state index contributed by atoms with van der Waals surface area (Å²) in [5, 5.41) is 0.419. The van der Waals surface area contributed by atoms with Gasteiger partial charge in [0.2, 0.25) is 0 Å². The van der Waals surface area contributed by atoms with Crippen molar-refractivity contribution in [3.63, 3.8) is 0 Å². The molecule has 0 bridgehead atoms. The smallest absolute Gasteiger partial charge is 0.416 e. The van der Waals surface area contributed by atoms with E-state index < -0.39 is 35.5 Å². The maximum atomic E-state index is 13.2. The minimum absolute atomic E-state index is 0.119. The Hall–Kier alpha value is -2.92. The number of aromatic nitrogens is 1. The lowest BCUT2D eigenvalue weighted by molar-refractivity contribution is -0.142. The number of ether oxygens (including phenoxy) is 1. The number of rotatable bonds is 7. The van der Waals surface area contributed by atoms with Gasteiger partial charge >= 0.3 is 18.3 Å². The summed E-state index contributed by atoms with van der Waals surface area (Å²) in [7, 11) is 0. The van der Waals surface area contributed by atoms with Crippen molar-refractivity contribution in [2.75, 3.05) is 19.7 Å². The first kappa shape index (κ1) is 28.1. The topological polar surface area (TPSA) is 42.4 Å². The Morgan fingerprint density at radius 2 is 1.47 bits per heavy atom. The fraction of sp³-hybridized carbons (Fsp3) is 0.407. The highest BCUT2D eigenvalue weighted by molar-refractivity contribution is 7.12. The third-order valence-electron chi connectivity index (χ3n) is 6.34. The number of piperidine rings is 1. The van der Waals surface area contributed by atoms with E-state index in [9.17, 15) is 31.1 Å². The molecule has 204 valence electrons. The fourth-order valence-electron chi connectivity index (χ4n) is 4.56. The SMILES string of the molecule is CCOC(=O)Cc1nc(-c2ccc(C(F)(F)F)cc2)c(C(c2ccc(C(F)(F)F)cc2)N2CCCCC2)s1. The van der Waals surface area contributed by atoms with Crippen LogP contribution in [0.5, 0.6) is 0 Å². The van der Waals surface area contributed by atoms with Crippen molar-refractivity contribution >= 4 is 17.3 Å². The highest BCUT2D eigenvalue weighted by Gasteiger charge is 2.34. The van der Waals surface area contributed by atoms with E-state index in [2.05, 4.69) is 9.88 Å². The van der Waals surface area contributed by atoms with Crippen LogP contribution in [0.25, 0.3) is 11.3 Å². The summed E-state index contributed by atoms with van der Waals surface area (Å²) in [6, 6.07) is 9.05. The van der Waals surface area contributed by atoms with Crippen molar-refractivity contribution in [3.05, 3.63) is 75.1 Å². The number of hydrogen-bond acceptors (Lipinski definition) is 5. The Morgan fingerprint density at radius 3 is 2.00 bits per heavy atom. The van der Waals surface area contributed by atoms with Crippen molar-refractivity contribution in [2.24, 2.45) is 0 Å². The predicted octanol–water partition coefficient (Wildman–Crippen LogP) is 7.53. The van der Waals surface area contributed by atoms with Crippen LogP contribution < -0.4 is 0 Å². The van der Waals surface area contributed by atoms with Gasteiger partial charge < -0.3 is 4.74 Å². The summed E-state index contributed by atoms with van der Waals surface area (Å²) in [6.07, 6.45) is -6.27. The molecule has 1 fully saturated rings. The number of alkyl halides is 6. The molecule has 1 aromatic heterocycles. The van der Waals surface area contributed by atoms with E-state index in [0.29, 0.717) is 39.8 Å². The molecule has 0 spiro atoms. The Kier molecular flexibility index (Phi) is 8.46. The minimum Gasteiger partial charge on any atom is -0.466 e. The lowest BCUT2D eigenvalue weighted by atomic mass is 9.96. The highest BCUT2D eigenvalue weighted by atomic mass is 32.1. The molecule has 1 unspecified atom stereocenters. The van der Waals surface area contributed by atoms with Gasteiger partial charge in [0.05, 0.1) is 40.8 Å². The van der Waals surface area contributed by atoms with Gasteiger partial charge in [0, 0.05) is 5.56 Å². The Labute approximate surface area is 220 Å². The van der Waals surface area contributed by atoms with Crippen LogP contribution in [0.15, 0.2) is 48.5 Å². The van der Waals surface area contributed by atoms with Gasteiger partial charge in [-0.15, -0.1) is 11.3 Å². The van der Waals surface area contributed by atoms with Crippen molar-refractivity contribution in [1.82, 2.24) is 9.88 Å². The molecular weight excluding hydrogens is 530 g/mol. The molecule has 1 saturated heterocycles. The van der Waals surface area contributed by atoms with Crippen molar-refractivity contribution in [3.8, 4) is 11.3 Å². The van der Waals surface area contributed by atoms with Crippen LogP contribution in [0.2, 0.25) is 0 Å². The Balaban J connectivity index is 1.83. The van der Waals surface area contributed by atoms with E-state index in [1.165, 1.54) is 35.6 Å². The van der Waals surface area contributed by atoms with E-state index in [1.807, 2.05) is 0 Å². The quantitative estimate of drug-likeness (QED) is 0.223. The molecule has 1 atom stereocenters.